The van der Waals surface area contributed by atoms with Crippen molar-refractivity contribution in [1.29, 1.82) is 0 Å². The van der Waals surface area contributed by atoms with Crippen LogP contribution in [0.2, 0.25) is 0 Å². The highest BCUT2D eigenvalue weighted by atomic mass is 32.1. The standard InChI is InChI=1S/C16H11N3O3S/c20-15(9-6-11-4-2-1-3-5-11)18-16-17-13-8-7-12(19(21)22)10-14(13)23-16/h1-10H,(H,17,18,20). The Balaban J connectivity index is 1.74. The molecular formula is C16H11N3O3S. The number of non-ortho nitro benzene ring substituents is 1. The molecule has 0 radical (unpaired) electrons. The first-order valence-corrected chi connectivity index (χ1v) is 7.52. The van der Waals surface area contributed by atoms with Crippen LogP contribution in [0.4, 0.5) is 10.8 Å². The first-order chi connectivity index (χ1) is 11.1. The Kier molecular flexibility index (Phi) is 4.11. The molecule has 2 aromatic carbocycles. The van der Waals surface area contributed by atoms with Gasteiger partial charge < -0.3 is 0 Å². The molecule has 7 heteroatoms. The summed E-state index contributed by atoms with van der Waals surface area (Å²) in [5.41, 5.74) is 1.54. The molecule has 1 amide bonds. The molecule has 114 valence electrons. The predicted molar refractivity (Wildman–Crippen MR) is 90.4 cm³/mol. The molecule has 0 unspecified atom stereocenters. The lowest BCUT2D eigenvalue weighted by Crippen LogP contribution is -2.07. The maximum Gasteiger partial charge on any atom is 0.270 e. The fourth-order valence-electron chi connectivity index (χ4n) is 1.96. The van der Waals surface area contributed by atoms with Crippen LogP contribution in [-0.4, -0.2) is 15.8 Å². The smallest absolute Gasteiger partial charge is 0.270 e. The number of rotatable bonds is 4. The average Bonchev–Trinajstić information content (AvgIpc) is 2.95. The number of amides is 1. The number of thiazole rings is 1. The number of aromatic nitrogens is 1. The summed E-state index contributed by atoms with van der Waals surface area (Å²) in [5, 5.41) is 13.8. The Morgan fingerprint density at radius 2 is 2.00 bits per heavy atom. The highest BCUT2D eigenvalue weighted by Gasteiger charge is 2.11. The Hall–Kier alpha value is -3.06. The van der Waals surface area contributed by atoms with E-state index in [2.05, 4.69) is 10.3 Å². The second kappa shape index (κ2) is 6.37. The second-order valence-electron chi connectivity index (χ2n) is 4.66. The zero-order valence-corrected chi connectivity index (χ0v) is 12.6. The van der Waals surface area contributed by atoms with Crippen LogP contribution in [0.5, 0.6) is 0 Å². The first kappa shape index (κ1) is 14.9. The van der Waals surface area contributed by atoms with Gasteiger partial charge in [-0.1, -0.05) is 41.7 Å². The van der Waals surface area contributed by atoms with Crippen LogP contribution in [0.3, 0.4) is 0 Å². The van der Waals surface area contributed by atoms with Crippen molar-refractivity contribution in [3.05, 3.63) is 70.3 Å². The van der Waals surface area contributed by atoms with E-state index in [0.717, 1.165) is 5.56 Å². The number of carbonyl (C=O) groups is 1. The predicted octanol–water partition coefficient (Wildman–Crippen LogP) is 3.86. The van der Waals surface area contributed by atoms with Crippen LogP contribution in [0.25, 0.3) is 16.3 Å². The molecule has 0 bridgehead atoms. The van der Waals surface area contributed by atoms with E-state index < -0.39 is 4.92 Å². The number of hydrogen-bond acceptors (Lipinski definition) is 5. The van der Waals surface area contributed by atoms with Crippen molar-refractivity contribution in [2.45, 2.75) is 0 Å². The van der Waals surface area contributed by atoms with Gasteiger partial charge in [0.2, 0.25) is 5.91 Å². The molecule has 0 aliphatic rings. The number of nitro groups is 1. The van der Waals surface area contributed by atoms with Gasteiger partial charge in [-0.25, -0.2) is 4.98 Å². The molecule has 6 nitrogen and oxygen atoms in total. The number of hydrogen-bond donors (Lipinski definition) is 1. The maximum atomic E-state index is 11.9. The first-order valence-electron chi connectivity index (χ1n) is 6.71. The van der Waals surface area contributed by atoms with E-state index in [1.165, 1.54) is 29.5 Å². The topological polar surface area (TPSA) is 85.1 Å². The van der Waals surface area contributed by atoms with Crippen molar-refractivity contribution in [3.8, 4) is 0 Å². The van der Waals surface area contributed by atoms with E-state index in [0.29, 0.717) is 15.3 Å². The summed E-state index contributed by atoms with van der Waals surface area (Å²) >= 11 is 1.20. The van der Waals surface area contributed by atoms with Gasteiger partial charge in [-0.05, 0) is 17.7 Å². The van der Waals surface area contributed by atoms with Crippen LogP contribution >= 0.6 is 11.3 Å². The lowest BCUT2D eigenvalue weighted by atomic mass is 10.2. The number of carbonyl (C=O) groups excluding carboxylic acids is 1. The van der Waals surface area contributed by atoms with Crippen LogP contribution < -0.4 is 5.32 Å². The number of nitrogens with one attached hydrogen (secondary N) is 1. The summed E-state index contributed by atoms with van der Waals surface area (Å²) in [7, 11) is 0. The Morgan fingerprint density at radius 1 is 1.22 bits per heavy atom. The second-order valence-corrected chi connectivity index (χ2v) is 5.69. The fraction of sp³-hybridized carbons (Fsp3) is 0. The minimum atomic E-state index is -0.458. The van der Waals surface area contributed by atoms with E-state index >= 15 is 0 Å². The molecular weight excluding hydrogens is 314 g/mol. The summed E-state index contributed by atoms with van der Waals surface area (Å²) < 4.78 is 0.654. The third kappa shape index (κ3) is 3.58. The number of nitrogens with zero attached hydrogens (tertiary/aromatic N) is 2. The van der Waals surface area contributed by atoms with Crippen molar-refractivity contribution in [1.82, 2.24) is 4.98 Å². The molecule has 3 aromatic rings. The molecule has 1 N–H and O–H groups in total. The van der Waals surface area contributed by atoms with E-state index in [1.807, 2.05) is 30.3 Å². The molecule has 0 saturated heterocycles. The molecule has 0 spiro atoms. The van der Waals surface area contributed by atoms with Gasteiger partial charge in [0, 0.05) is 18.2 Å². The van der Waals surface area contributed by atoms with Crippen LogP contribution in [0.15, 0.2) is 54.6 Å². The molecule has 0 aliphatic heterocycles. The van der Waals surface area contributed by atoms with Crippen molar-refractivity contribution in [2.24, 2.45) is 0 Å². The number of anilines is 1. The molecule has 1 heterocycles. The van der Waals surface area contributed by atoms with E-state index in [9.17, 15) is 14.9 Å². The molecule has 3 rings (SSSR count). The monoisotopic (exact) mass is 325 g/mol. The summed E-state index contributed by atoms with van der Waals surface area (Å²) in [4.78, 5) is 26.4. The van der Waals surface area contributed by atoms with Crippen LogP contribution in [-0.2, 0) is 4.79 Å². The van der Waals surface area contributed by atoms with E-state index in [1.54, 1.807) is 12.1 Å². The fourth-order valence-corrected chi connectivity index (χ4v) is 2.87. The highest BCUT2D eigenvalue weighted by molar-refractivity contribution is 7.22. The van der Waals surface area contributed by atoms with Gasteiger partial charge in [-0.2, -0.15) is 0 Å². The van der Waals surface area contributed by atoms with Gasteiger partial charge in [0.25, 0.3) is 5.69 Å². The third-order valence-corrected chi connectivity index (χ3v) is 3.97. The zero-order valence-electron chi connectivity index (χ0n) is 11.8. The lowest BCUT2D eigenvalue weighted by molar-refractivity contribution is -0.384. The SMILES string of the molecule is O=C(C=Cc1ccccc1)Nc1nc2ccc([N+](=O)[O-])cc2s1. The molecule has 0 atom stereocenters. The van der Waals surface area contributed by atoms with Gasteiger partial charge in [0.1, 0.15) is 0 Å². The van der Waals surface area contributed by atoms with Crippen molar-refractivity contribution >= 4 is 44.4 Å². The minimum absolute atomic E-state index is 0.00278. The van der Waals surface area contributed by atoms with Crippen molar-refractivity contribution < 1.29 is 9.72 Å². The summed E-state index contributed by atoms with van der Waals surface area (Å²) in [5.74, 6) is -0.303. The van der Waals surface area contributed by atoms with Gasteiger partial charge in [-0.3, -0.25) is 20.2 Å². The van der Waals surface area contributed by atoms with E-state index in [4.69, 9.17) is 0 Å². The minimum Gasteiger partial charge on any atom is -0.298 e. The normalized spacial score (nSPS) is 11.0. The number of fused-ring (bicyclic) bond motifs is 1. The molecule has 0 saturated carbocycles. The average molecular weight is 325 g/mol. The molecule has 0 fully saturated rings. The Labute approximate surface area is 135 Å². The van der Waals surface area contributed by atoms with Crippen molar-refractivity contribution in [2.75, 3.05) is 5.32 Å². The highest BCUT2D eigenvalue weighted by Crippen LogP contribution is 2.29. The van der Waals surface area contributed by atoms with E-state index in [-0.39, 0.29) is 11.6 Å². The summed E-state index contributed by atoms with van der Waals surface area (Å²) in [6, 6.07) is 13.9. The molecule has 23 heavy (non-hydrogen) atoms. The number of benzene rings is 2. The Bertz CT molecular complexity index is 903. The van der Waals surface area contributed by atoms with Gasteiger partial charge >= 0.3 is 0 Å². The largest absolute Gasteiger partial charge is 0.298 e. The van der Waals surface area contributed by atoms with Gasteiger partial charge in [0.05, 0.1) is 15.1 Å². The number of nitro benzene ring substituents is 1. The quantitative estimate of drug-likeness (QED) is 0.448. The van der Waals surface area contributed by atoms with Crippen LogP contribution in [0.1, 0.15) is 5.56 Å². The molecule has 1 aromatic heterocycles. The maximum absolute atomic E-state index is 11.9. The summed E-state index contributed by atoms with van der Waals surface area (Å²) in [6.07, 6.45) is 3.12. The van der Waals surface area contributed by atoms with Gasteiger partial charge in [-0.15, -0.1) is 0 Å². The third-order valence-electron chi connectivity index (χ3n) is 3.04. The lowest BCUT2D eigenvalue weighted by Gasteiger charge is -1.95. The van der Waals surface area contributed by atoms with Crippen molar-refractivity contribution in [3.63, 3.8) is 0 Å². The van der Waals surface area contributed by atoms with Gasteiger partial charge in [0.15, 0.2) is 5.13 Å². The zero-order chi connectivity index (χ0) is 16.2. The molecule has 0 aliphatic carbocycles. The Morgan fingerprint density at radius 3 is 2.74 bits per heavy atom. The summed E-state index contributed by atoms with van der Waals surface area (Å²) in [6.45, 7) is 0. The van der Waals surface area contributed by atoms with Crippen LogP contribution in [0, 0.1) is 10.1 Å².